The highest BCUT2D eigenvalue weighted by Gasteiger charge is 2.11. The summed E-state index contributed by atoms with van der Waals surface area (Å²) in [5.41, 5.74) is 3.68. The van der Waals surface area contributed by atoms with Crippen molar-refractivity contribution in [2.75, 3.05) is 19.0 Å². The lowest BCUT2D eigenvalue weighted by Crippen LogP contribution is -2.20. The van der Waals surface area contributed by atoms with E-state index in [9.17, 15) is 9.59 Å². The van der Waals surface area contributed by atoms with Crippen molar-refractivity contribution in [2.24, 2.45) is 5.10 Å². The lowest BCUT2D eigenvalue weighted by atomic mass is 10.2. The van der Waals surface area contributed by atoms with Crippen LogP contribution < -0.4 is 20.2 Å². The Morgan fingerprint density at radius 3 is 2.66 bits per heavy atom. The fraction of sp³-hybridized carbons (Fsp3) is 0.250. The maximum absolute atomic E-state index is 11.9. The van der Waals surface area contributed by atoms with E-state index in [1.54, 1.807) is 43.5 Å². The van der Waals surface area contributed by atoms with Crippen LogP contribution in [0.15, 0.2) is 46.0 Å². The largest absolute Gasteiger partial charge is 0.493 e. The number of hydrazone groups is 1. The first-order chi connectivity index (χ1) is 13.9. The molecule has 29 heavy (non-hydrogen) atoms. The van der Waals surface area contributed by atoms with Crippen molar-refractivity contribution in [1.29, 1.82) is 0 Å². The van der Waals surface area contributed by atoms with Crippen LogP contribution >= 0.6 is 27.5 Å². The molecule has 0 aliphatic heterocycles. The summed E-state index contributed by atoms with van der Waals surface area (Å²) in [7, 11) is 1.54. The third-order valence-electron chi connectivity index (χ3n) is 3.63. The minimum absolute atomic E-state index is 0.0000322. The summed E-state index contributed by atoms with van der Waals surface area (Å²) in [5.74, 6) is 0.486. The molecule has 0 radical (unpaired) electrons. The summed E-state index contributed by atoms with van der Waals surface area (Å²) in [6.45, 7) is 2.38. The number of nitrogens with one attached hydrogen (secondary N) is 2. The molecule has 0 saturated heterocycles. The summed E-state index contributed by atoms with van der Waals surface area (Å²) in [6.07, 6.45) is 1.50. The number of hydrogen-bond donors (Lipinski definition) is 2. The molecule has 0 heterocycles. The molecular formula is C20H21BrClN3O4. The van der Waals surface area contributed by atoms with E-state index in [0.29, 0.717) is 38.9 Å². The van der Waals surface area contributed by atoms with Gasteiger partial charge in [0, 0.05) is 23.6 Å². The van der Waals surface area contributed by atoms with Gasteiger partial charge in [-0.1, -0.05) is 17.7 Å². The van der Waals surface area contributed by atoms with Crippen LogP contribution in [-0.4, -0.2) is 31.7 Å². The summed E-state index contributed by atoms with van der Waals surface area (Å²) < 4.78 is 11.6. The van der Waals surface area contributed by atoms with Gasteiger partial charge in [0.05, 0.1) is 24.4 Å². The zero-order chi connectivity index (χ0) is 21.2. The van der Waals surface area contributed by atoms with E-state index < -0.39 is 0 Å². The van der Waals surface area contributed by atoms with E-state index >= 15 is 0 Å². The fourth-order valence-electron chi connectivity index (χ4n) is 2.35. The first-order valence-corrected chi connectivity index (χ1v) is 9.97. The number of carbonyl (C=O) groups is 2. The molecule has 0 aromatic heterocycles. The van der Waals surface area contributed by atoms with Crippen molar-refractivity contribution in [3.8, 4) is 11.5 Å². The van der Waals surface area contributed by atoms with Gasteiger partial charge in [-0.25, -0.2) is 5.43 Å². The topological polar surface area (TPSA) is 89.0 Å². The maximum Gasteiger partial charge on any atom is 0.240 e. The Hall–Kier alpha value is -2.58. The standard InChI is InChI=1S/C20H21BrClN3O4/c1-3-29-20-16(21)9-13(10-17(20)28-2)12-23-25-19(27)8-7-18(26)24-15-6-4-5-14(22)11-15/h4-6,9-12H,3,7-8H2,1-2H3,(H,24,26)(H,25,27). The van der Waals surface area contributed by atoms with Gasteiger partial charge in [-0.15, -0.1) is 0 Å². The molecule has 7 nitrogen and oxygen atoms in total. The molecule has 0 spiro atoms. The Morgan fingerprint density at radius 1 is 1.21 bits per heavy atom. The molecule has 0 bridgehead atoms. The number of ether oxygens (including phenoxy) is 2. The molecule has 2 aromatic carbocycles. The highest BCUT2D eigenvalue weighted by molar-refractivity contribution is 9.10. The zero-order valence-electron chi connectivity index (χ0n) is 16.0. The van der Waals surface area contributed by atoms with Gasteiger partial charge in [0.25, 0.3) is 0 Å². The minimum Gasteiger partial charge on any atom is -0.493 e. The van der Waals surface area contributed by atoms with Crippen LogP contribution in [0, 0.1) is 0 Å². The number of nitrogens with zero attached hydrogens (tertiary/aromatic N) is 1. The number of halogens is 2. The van der Waals surface area contributed by atoms with Gasteiger partial charge < -0.3 is 14.8 Å². The predicted molar refractivity (Wildman–Crippen MR) is 117 cm³/mol. The van der Waals surface area contributed by atoms with Gasteiger partial charge in [-0.3, -0.25) is 9.59 Å². The van der Waals surface area contributed by atoms with Gasteiger partial charge in [-0.2, -0.15) is 5.10 Å². The first kappa shape index (κ1) is 22.7. The number of anilines is 1. The Kier molecular flexibility index (Phi) is 8.95. The molecule has 2 N–H and O–H groups in total. The number of methoxy groups -OCH3 is 1. The van der Waals surface area contributed by atoms with Crippen molar-refractivity contribution in [2.45, 2.75) is 19.8 Å². The second-order valence-corrected chi connectivity index (χ2v) is 7.11. The number of amides is 2. The van der Waals surface area contributed by atoms with Crippen LogP contribution in [0.3, 0.4) is 0 Å². The number of hydrogen-bond acceptors (Lipinski definition) is 5. The Balaban J connectivity index is 1.84. The molecule has 154 valence electrons. The third-order valence-corrected chi connectivity index (χ3v) is 4.45. The molecule has 0 aliphatic carbocycles. The Bertz CT molecular complexity index is 905. The van der Waals surface area contributed by atoms with Crippen LogP contribution in [0.5, 0.6) is 11.5 Å². The Labute approximate surface area is 182 Å². The molecule has 2 rings (SSSR count). The van der Waals surface area contributed by atoms with Crippen LogP contribution in [-0.2, 0) is 9.59 Å². The van der Waals surface area contributed by atoms with E-state index in [1.165, 1.54) is 6.21 Å². The fourth-order valence-corrected chi connectivity index (χ4v) is 3.11. The van der Waals surface area contributed by atoms with E-state index in [1.807, 2.05) is 6.92 Å². The van der Waals surface area contributed by atoms with Crippen LogP contribution in [0.25, 0.3) is 0 Å². The third kappa shape index (κ3) is 7.40. The van der Waals surface area contributed by atoms with Gasteiger partial charge >= 0.3 is 0 Å². The normalized spacial score (nSPS) is 10.6. The summed E-state index contributed by atoms with van der Waals surface area (Å²) in [4.78, 5) is 23.8. The van der Waals surface area contributed by atoms with Gasteiger partial charge in [-0.05, 0) is 58.7 Å². The van der Waals surface area contributed by atoms with Crippen LogP contribution in [0.4, 0.5) is 5.69 Å². The molecule has 9 heteroatoms. The first-order valence-electron chi connectivity index (χ1n) is 8.80. The van der Waals surface area contributed by atoms with Crippen LogP contribution in [0.1, 0.15) is 25.3 Å². The van der Waals surface area contributed by atoms with E-state index in [2.05, 4.69) is 31.8 Å². The van der Waals surface area contributed by atoms with Crippen LogP contribution in [0.2, 0.25) is 5.02 Å². The highest BCUT2D eigenvalue weighted by Crippen LogP contribution is 2.36. The van der Waals surface area contributed by atoms with Gasteiger partial charge in [0.2, 0.25) is 11.8 Å². The quantitative estimate of drug-likeness (QED) is 0.410. The second kappa shape index (κ2) is 11.4. The molecular weight excluding hydrogens is 462 g/mol. The highest BCUT2D eigenvalue weighted by atomic mass is 79.9. The lowest BCUT2D eigenvalue weighted by Gasteiger charge is -2.11. The monoisotopic (exact) mass is 481 g/mol. The van der Waals surface area contributed by atoms with Crippen molar-refractivity contribution in [1.82, 2.24) is 5.43 Å². The number of rotatable bonds is 9. The predicted octanol–water partition coefficient (Wildman–Crippen LogP) is 4.38. The second-order valence-electron chi connectivity index (χ2n) is 5.82. The smallest absolute Gasteiger partial charge is 0.240 e. The van der Waals surface area contributed by atoms with E-state index in [4.69, 9.17) is 21.1 Å². The van der Waals surface area contributed by atoms with Crippen molar-refractivity contribution in [3.05, 3.63) is 51.5 Å². The number of benzene rings is 2. The summed E-state index contributed by atoms with van der Waals surface area (Å²) in [5, 5.41) is 7.12. The van der Waals surface area contributed by atoms with Gasteiger partial charge in [0.15, 0.2) is 11.5 Å². The summed E-state index contributed by atoms with van der Waals surface area (Å²) >= 11 is 9.29. The van der Waals surface area contributed by atoms with Gasteiger partial charge in [0.1, 0.15) is 0 Å². The molecule has 0 saturated carbocycles. The Morgan fingerprint density at radius 2 is 1.97 bits per heavy atom. The van der Waals surface area contributed by atoms with Crippen molar-refractivity contribution < 1.29 is 19.1 Å². The average Bonchev–Trinajstić information content (AvgIpc) is 2.68. The molecule has 2 amide bonds. The minimum atomic E-state index is -0.375. The lowest BCUT2D eigenvalue weighted by molar-refractivity contribution is -0.124. The maximum atomic E-state index is 11.9. The van der Waals surface area contributed by atoms with E-state index in [0.717, 1.165) is 0 Å². The molecule has 0 atom stereocenters. The zero-order valence-corrected chi connectivity index (χ0v) is 18.3. The average molecular weight is 483 g/mol. The summed E-state index contributed by atoms with van der Waals surface area (Å²) in [6, 6.07) is 10.3. The number of carbonyl (C=O) groups excluding carboxylic acids is 2. The SMILES string of the molecule is CCOc1c(Br)cc(C=NNC(=O)CCC(=O)Nc2cccc(Cl)c2)cc1OC. The molecule has 0 aliphatic rings. The molecule has 0 fully saturated rings. The molecule has 2 aromatic rings. The van der Waals surface area contributed by atoms with Crippen molar-refractivity contribution in [3.63, 3.8) is 0 Å². The van der Waals surface area contributed by atoms with Crippen molar-refractivity contribution >= 4 is 51.2 Å². The molecule has 0 unspecified atom stereocenters. The van der Waals surface area contributed by atoms with E-state index in [-0.39, 0.29) is 24.7 Å².